The number of urea groups is 1. The summed E-state index contributed by atoms with van der Waals surface area (Å²) in [7, 11) is 0. The summed E-state index contributed by atoms with van der Waals surface area (Å²) in [5, 5.41) is 16.3. The molecule has 0 radical (unpaired) electrons. The number of guanidine groups is 1. The van der Waals surface area contributed by atoms with E-state index in [0.29, 0.717) is 22.9 Å². The fourth-order valence-electron chi connectivity index (χ4n) is 3.94. The lowest BCUT2D eigenvalue weighted by Crippen LogP contribution is -2.47. The minimum Gasteiger partial charge on any atom is -0.506 e. The number of carbonyl (C=O) groups excluding carboxylic acids is 2. The molecule has 1 heterocycles. The Hall–Kier alpha value is -5.72. The molecule has 5 N–H and O–H groups in total. The number of halogens is 3. The molecule has 0 saturated heterocycles. The number of nitrogens with one attached hydrogen (secondary N) is 2. The van der Waals surface area contributed by atoms with Crippen LogP contribution in [0.3, 0.4) is 0 Å². The summed E-state index contributed by atoms with van der Waals surface area (Å²) in [6.07, 6.45) is 6.18. The lowest BCUT2D eigenvalue weighted by Gasteiger charge is -2.25. The van der Waals surface area contributed by atoms with E-state index in [9.17, 15) is 27.9 Å². The quantitative estimate of drug-likeness (QED) is 0.0601. The van der Waals surface area contributed by atoms with Gasteiger partial charge in [0, 0.05) is 40.5 Å². The van der Waals surface area contributed by atoms with Crippen molar-refractivity contribution in [1.82, 2.24) is 15.6 Å². The Morgan fingerprint density at radius 3 is 2.57 bits per heavy atom. The van der Waals surface area contributed by atoms with E-state index in [1.54, 1.807) is 36.5 Å². The van der Waals surface area contributed by atoms with E-state index in [4.69, 9.17) is 5.73 Å². The first kappa shape index (κ1) is 29.3. The molecule has 0 saturated carbocycles. The normalized spacial score (nSPS) is 11.5. The van der Waals surface area contributed by atoms with Crippen LogP contribution in [0, 0.1) is 17.5 Å². The first-order valence-corrected chi connectivity index (χ1v) is 12.3. The zero-order valence-electron chi connectivity index (χ0n) is 21.9. The van der Waals surface area contributed by atoms with Crippen molar-refractivity contribution in [1.29, 1.82) is 0 Å². The number of nitrogens with zero attached hydrogens (tertiary/aromatic N) is 4. The van der Waals surface area contributed by atoms with Gasteiger partial charge in [0.05, 0.1) is 25.0 Å². The van der Waals surface area contributed by atoms with Gasteiger partial charge in [-0.25, -0.2) is 23.0 Å². The van der Waals surface area contributed by atoms with Crippen molar-refractivity contribution in [2.45, 2.75) is 6.54 Å². The van der Waals surface area contributed by atoms with Crippen LogP contribution in [0.4, 0.5) is 35.0 Å². The van der Waals surface area contributed by atoms with Crippen molar-refractivity contribution in [3.8, 4) is 5.75 Å². The molecule has 0 aliphatic heterocycles. The molecule has 0 spiro atoms. The molecule has 214 valence electrons. The topological polar surface area (TPSA) is 145 Å². The standard InChI is InChI=1S/C29H24F3N7O3/c1-2-7-34-13-19-10-24(26(41)11-23(19)33)37-28(36-16-40)38-29(42)39(15-17-8-21(30)27(32)22(31)9-17)25-14-35-12-18-5-3-4-6-20(18)25/h2-6,8-14,16,41H,1,7,15,33H2,(H2,36,37,38,40,42). The van der Waals surface area contributed by atoms with Crippen LogP contribution >= 0.6 is 0 Å². The maximum atomic E-state index is 14.0. The fraction of sp³-hybridized carbons (Fsp3) is 0.0690. The number of phenolic OH excluding ortho intramolecular Hbond substituents is 1. The molecule has 0 unspecified atom stereocenters. The van der Waals surface area contributed by atoms with Gasteiger partial charge < -0.3 is 10.8 Å². The van der Waals surface area contributed by atoms with Crippen LogP contribution in [0.2, 0.25) is 0 Å². The number of benzene rings is 3. The third-order valence-electron chi connectivity index (χ3n) is 5.87. The van der Waals surface area contributed by atoms with Crippen molar-refractivity contribution < 1.29 is 27.9 Å². The molecular weight excluding hydrogens is 551 g/mol. The molecule has 4 rings (SSSR count). The number of amides is 3. The summed E-state index contributed by atoms with van der Waals surface area (Å²) in [6.45, 7) is 3.46. The minimum atomic E-state index is -1.65. The Balaban J connectivity index is 1.75. The average molecular weight is 576 g/mol. The molecule has 13 heteroatoms. The highest BCUT2D eigenvalue weighted by Gasteiger charge is 2.22. The number of anilines is 2. The largest absolute Gasteiger partial charge is 0.506 e. The summed E-state index contributed by atoms with van der Waals surface area (Å²) in [5.74, 6) is -5.28. The second-order valence-electron chi connectivity index (χ2n) is 8.74. The lowest BCUT2D eigenvalue weighted by atomic mass is 10.1. The lowest BCUT2D eigenvalue weighted by molar-refractivity contribution is -0.108. The van der Waals surface area contributed by atoms with Crippen molar-refractivity contribution in [2.24, 2.45) is 9.98 Å². The van der Waals surface area contributed by atoms with Crippen molar-refractivity contribution in [3.05, 3.63) is 102 Å². The molecule has 4 aromatic rings. The predicted octanol–water partition coefficient (Wildman–Crippen LogP) is 4.69. The van der Waals surface area contributed by atoms with Crippen LogP contribution in [0.1, 0.15) is 11.1 Å². The highest BCUT2D eigenvalue weighted by atomic mass is 19.2. The number of aromatic hydroxyl groups is 1. The summed E-state index contributed by atoms with van der Waals surface area (Å²) in [4.78, 5) is 38.5. The van der Waals surface area contributed by atoms with Gasteiger partial charge in [-0.2, -0.15) is 0 Å². The van der Waals surface area contributed by atoms with E-state index in [1.807, 2.05) is 0 Å². The molecule has 0 fully saturated rings. The van der Waals surface area contributed by atoms with E-state index in [-0.39, 0.29) is 34.8 Å². The monoisotopic (exact) mass is 575 g/mol. The van der Waals surface area contributed by atoms with Crippen molar-refractivity contribution in [2.75, 3.05) is 17.2 Å². The van der Waals surface area contributed by atoms with Gasteiger partial charge in [0.25, 0.3) is 0 Å². The summed E-state index contributed by atoms with van der Waals surface area (Å²) in [6, 6.07) is 10.2. The number of hydrogen-bond donors (Lipinski definition) is 4. The van der Waals surface area contributed by atoms with Gasteiger partial charge in [0.15, 0.2) is 17.5 Å². The third-order valence-corrected chi connectivity index (χ3v) is 5.87. The van der Waals surface area contributed by atoms with Gasteiger partial charge in [-0.05, 0) is 23.8 Å². The highest BCUT2D eigenvalue weighted by Crippen LogP contribution is 2.31. The van der Waals surface area contributed by atoms with E-state index < -0.39 is 36.0 Å². The van der Waals surface area contributed by atoms with Gasteiger partial charge in [-0.3, -0.25) is 30.3 Å². The fourth-order valence-corrected chi connectivity index (χ4v) is 3.94. The Labute approximate surface area is 237 Å². The summed E-state index contributed by atoms with van der Waals surface area (Å²) >= 11 is 0. The van der Waals surface area contributed by atoms with E-state index >= 15 is 0 Å². The van der Waals surface area contributed by atoms with E-state index in [2.05, 4.69) is 32.2 Å². The number of aromatic nitrogens is 1. The second kappa shape index (κ2) is 13.1. The minimum absolute atomic E-state index is 0.0732. The van der Waals surface area contributed by atoms with Gasteiger partial charge in [0.2, 0.25) is 12.4 Å². The molecule has 3 amide bonds. The maximum absolute atomic E-state index is 14.0. The van der Waals surface area contributed by atoms with Crippen LogP contribution in [-0.4, -0.2) is 41.3 Å². The van der Waals surface area contributed by atoms with Crippen LogP contribution in [0.25, 0.3) is 10.8 Å². The molecule has 10 nitrogen and oxygen atoms in total. The van der Waals surface area contributed by atoms with Gasteiger partial charge in [-0.15, -0.1) is 6.58 Å². The van der Waals surface area contributed by atoms with Gasteiger partial charge in [0.1, 0.15) is 11.4 Å². The maximum Gasteiger partial charge on any atom is 0.329 e. The number of fused-ring (bicyclic) bond motifs is 1. The first-order valence-electron chi connectivity index (χ1n) is 12.3. The predicted molar refractivity (Wildman–Crippen MR) is 154 cm³/mol. The number of nitrogens with two attached hydrogens (primary N) is 1. The Morgan fingerprint density at radius 1 is 1.12 bits per heavy atom. The summed E-state index contributed by atoms with van der Waals surface area (Å²) in [5.41, 5.74) is 6.62. The Kier molecular flexibility index (Phi) is 9.12. The number of rotatable bonds is 8. The number of carbonyl (C=O) groups is 2. The molecule has 42 heavy (non-hydrogen) atoms. The highest BCUT2D eigenvalue weighted by molar-refractivity contribution is 6.10. The molecular formula is C29H24F3N7O3. The van der Waals surface area contributed by atoms with Crippen LogP contribution in [-0.2, 0) is 11.3 Å². The molecule has 0 atom stereocenters. The van der Waals surface area contributed by atoms with Crippen molar-refractivity contribution >= 4 is 52.4 Å². The first-order chi connectivity index (χ1) is 20.2. The zero-order valence-corrected chi connectivity index (χ0v) is 21.9. The molecule has 3 aromatic carbocycles. The van der Waals surface area contributed by atoms with E-state index in [1.165, 1.54) is 24.5 Å². The van der Waals surface area contributed by atoms with Crippen molar-refractivity contribution in [3.63, 3.8) is 0 Å². The molecule has 1 aromatic heterocycles. The Morgan fingerprint density at radius 2 is 1.86 bits per heavy atom. The Bertz CT molecular complexity index is 1700. The van der Waals surface area contributed by atoms with Gasteiger partial charge >= 0.3 is 6.03 Å². The number of hydrogen-bond acceptors (Lipinski definition) is 7. The number of pyridine rings is 1. The summed E-state index contributed by atoms with van der Waals surface area (Å²) < 4.78 is 41.7. The second-order valence-corrected chi connectivity index (χ2v) is 8.74. The van der Waals surface area contributed by atoms with E-state index in [0.717, 1.165) is 17.0 Å². The molecule has 0 aliphatic rings. The average Bonchev–Trinajstić information content (AvgIpc) is 2.96. The van der Waals surface area contributed by atoms with Crippen LogP contribution < -0.4 is 21.3 Å². The molecule has 0 bridgehead atoms. The number of aliphatic imine (C=N–C) groups is 2. The SMILES string of the molecule is C=CCN=Cc1cc(N=C(NC=O)NC(=O)N(Cc2cc(F)c(F)c(F)c2)c2cncc3ccccc23)c(O)cc1N. The number of nitrogen functional groups attached to an aromatic ring is 1. The van der Waals surface area contributed by atoms with Crippen LogP contribution in [0.5, 0.6) is 5.75 Å². The smallest absolute Gasteiger partial charge is 0.329 e. The third kappa shape index (κ3) is 6.70. The zero-order chi connectivity index (χ0) is 30.2. The molecule has 0 aliphatic carbocycles. The van der Waals surface area contributed by atoms with Gasteiger partial charge in [-0.1, -0.05) is 30.3 Å². The number of phenols is 1. The van der Waals surface area contributed by atoms with Crippen LogP contribution in [0.15, 0.2) is 83.6 Å².